The zero-order chi connectivity index (χ0) is 25.5. The van der Waals surface area contributed by atoms with E-state index in [0.717, 1.165) is 31.0 Å². The molecule has 0 amide bonds. The third-order valence-corrected chi connectivity index (χ3v) is 8.15. The highest BCUT2D eigenvalue weighted by atomic mass is 32.2. The van der Waals surface area contributed by atoms with Crippen LogP contribution in [0.2, 0.25) is 0 Å². The number of thioether (sulfide) groups is 1. The summed E-state index contributed by atoms with van der Waals surface area (Å²) in [6, 6.07) is 6.07. The van der Waals surface area contributed by atoms with Crippen molar-refractivity contribution in [1.29, 1.82) is 0 Å². The highest BCUT2D eigenvalue weighted by Crippen LogP contribution is 2.63. The molecule has 0 radical (unpaired) electrons. The summed E-state index contributed by atoms with van der Waals surface area (Å²) in [5, 5.41) is 0.0660. The lowest BCUT2D eigenvalue weighted by atomic mass is 10.1. The molecule has 2 atom stereocenters. The molecule has 0 spiro atoms. The van der Waals surface area contributed by atoms with Gasteiger partial charge in [-0.15, -0.1) is 0 Å². The molecule has 0 bridgehead atoms. The minimum atomic E-state index is -3.94. The maximum absolute atomic E-state index is 12.6. The molecular weight excluding hydrogens is 491 g/mol. The minimum Gasteiger partial charge on any atom is -0.462 e. The lowest BCUT2D eigenvalue weighted by Gasteiger charge is -2.11. The second-order valence-electron chi connectivity index (χ2n) is 8.39. The largest absolute Gasteiger partial charge is 0.551 e. The summed E-state index contributed by atoms with van der Waals surface area (Å²) >= 11 is 1.13. The molecular formula is C25H38O8PS+. The smallest absolute Gasteiger partial charge is 0.462 e. The molecule has 1 aromatic carbocycles. The molecule has 1 saturated heterocycles. The van der Waals surface area contributed by atoms with E-state index in [2.05, 4.69) is 6.92 Å². The molecule has 196 valence electrons. The van der Waals surface area contributed by atoms with Crippen molar-refractivity contribution in [2.45, 2.75) is 84.2 Å². The Balaban J connectivity index is 1.68. The Kier molecular flexibility index (Phi) is 13.8. The Hall–Kier alpha value is -1.51. The van der Waals surface area contributed by atoms with Crippen LogP contribution < -0.4 is 4.74 Å². The summed E-state index contributed by atoms with van der Waals surface area (Å²) in [5.74, 6) is -0.412. The van der Waals surface area contributed by atoms with Gasteiger partial charge >= 0.3 is 19.6 Å². The number of carbonyl (C=O) groups excluding carboxylic acids is 3. The Bertz CT molecular complexity index is 820. The standard InChI is InChI=1S/C25H38O8PS/c1-3-5-6-7-8-9-10-11-12-17-23(26)35-19-20-18-31-34(29,33-20)25(28)32-22-16-14-13-15-21(22)24(27)30-4-2/h13-16,20,29H,3-12,17-19H2,1-2H3/q+1. The highest BCUT2D eigenvalue weighted by molar-refractivity contribution is 8.13. The van der Waals surface area contributed by atoms with E-state index in [4.69, 9.17) is 18.5 Å². The lowest BCUT2D eigenvalue weighted by molar-refractivity contribution is -0.111. The number of carbonyl (C=O) groups is 3. The minimum absolute atomic E-state index is 0.0167. The first-order valence-corrected chi connectivity index (χ1v) is 15.0. The Morgan fingerprint density at radius 1 is 1.03 bits per heavy atom. The van der Waals surface area contributed by atoms with Gasteiger partial charge in [-0.25, -0.2) is 4.79 Å². The van der Waals surface area contributed by atoms with Crippen molar-refractivity contribution >= 4 is 36.5 Å². The fraction of sp³-hybridized carbons (Fsp3) is 0.640. The molecule has 2 rings (SSSR count). The monoisotopic (exact) mass is 529 g/mol. The van der Waals surface area contributed by atoms with E-state index in [1.807, 2.05) is 0 Å². The van der Waals surface area contributed by atoms with E-state index < -0.39 is 25.7 Å². The van der Waals surface area contributed by atoms with Crippen LogP contribution in [0.5, 0.6) is 5.75 Å². The van der Waals surface area contributed by atoms with E-state index in [9.17, 15) is 19.3 Å². The van der Waals surface area contributed by atoms with Crippen LogP contribution in [0, 0.1) is 0 Å². The van der Waals surface area contributed by atoms with Crippen LogP contribution in [0.3, 0.4) is 0 Å². The van der Waals surface area contributed by atoms with Crippen molar-refractivity contribution < 1.29 is 37.8 Å². The number of esters is 1. The average molecular weight is 530 g/mol. The van der Waals surface area contributed by atoms with Crippen molar-refractivity contribution in [1.82, 2.24) is 0 Å². The van der Waals surface area contributed by atoms with Crippen LogP contribution in [0.25, 0.3) is 0 Å². The molecule has 0 aromatic heterocycles. The van der Waals surface area contributed by atoms with E-state index >= 15 is 0 Å². The predicted molar refractivity (Wildman–Crippen MR) is 138 cm³/mol. The molecule has 1 heterocycles. The maximum atomic E-state index is 12.6. The second kappa shape index (κ2) is 16.3. The van der Waals surface area contributed by atoms with Crippen LogP contribution >= 0.6 is 19.7 Å². The van der Waals surface area contributed by atoms with Gasteiger partial charge in [0, 0.05) is 12.2 Å². The Labute approximate surface area is 213 Å². The van der Waals surface area contributed by atoms with Crippen molar-refractivity contribution in [3.05, 3.63) is 29.8 Å². The molecule has 1 N–H and O–H groups in total. The molecule has 1 fully saturated rings. The second-order valence-corrected chi connectivity index (χ2v) is 11.3. The van der Waals surface area contributed by atoms with Crippen LogP contribution in [0.15, 0.2) is 24.3 Å². The zero-order valence-corrected chi connectivity index (χ0v) is 22.5. The molecule has 0 saturated carbocycles. The van der Waals surface area contributed by atoms with E-state index in [1.165, 1.54) is 50.7 Å². The number of hydrogen-bond acceptors (Lipinski definition) is 9. The molecule has 0 aliphatic carbocycles. The number of benzene rings is 1. The number of unbranched alkanes of at least 4 members (excludes halogenated alkanes) is 8. The van der Waals surface area contributed by atoms with E-state index in [-0.39, 0.29) is 35.4 Å². The van der Waals surface area contributed by atoms with Crippen LogP contribution in [0.4, 0.5) is 4.79 Å². The molecule has 8 nitrogen and oxygen atoms in total. The maximum Gasteiger partial charge on any atom is 0.551 e. The summed E-state index contributed by atoms with van der Waals surface area (Å²) in [5.41, 5.74) is -1.04. The van der Waals surface area contributed by atoms with Gasteiger partial charge in [0.05, 0.1) is 6.61 Å². The summed E-state index contributed by atoms with van der Waals surface area (Å²) in [6.07, 6.45) is 10.6. The van der Waals surface area contributed by atoms with Gasteiger partial charge in [0.15, 0.2) is 5.12 Å². The van der Waals surface area contributed by atoms with Gasteiger partial charge < -0.3 is 9.47 Å². The first kappa shape index (κ1) is 29.7. The zero-order valence-electron chi connectivity index (χ0n) is 20.7. The van der Waals surface area contributed by atoms with Crippen molar-refractivity contribution in [3.8, 4) is 5.75 Å². The normalized spacial score (nSPS) is 19.5. The summed E-state index contributed by atoms with van der Waals surface area (Å²) in [4.78, 5) is 47.4. The van der Waals surface area contributed by atoms with Crippen LogP contribution in [0.1, 0.15) is 88.4 Å². The van der Waals surface area contributed by atoms with Gasteiger partial charge in [-0.2, -0.15) is 18.7 Å². The lowest BCUT2D eigenvalue weighted by Crippen LogP contribution is -2.17. The first-order valence-electron chi connectivity index (χ1n) is 12.5. The Morgan fingerprint density at radius 3 is 2.37 bits per heavy atom. The fourth-order valence-electron chi connectivity index (χ4n) is 3.54. The molecule has 2 unspecified atom stereocenters. The Morgan fingerprint density at radius 2 is 1.69 bits per heavy atom. The van der Waals surface area contributed by atoms with Gasteiger partial charge in [-0.05, 0) is 25.5 Å². The number of hydrogen-bond donors (Lipinski definition) is 1. The van der Waals surface area contributed by atoms with Gasteiger partial charge in [-0.3, -0.25) is 4.79 Å². The van der Waals surface area contributed by atoms with Gasteiger partial charge in [0.2, 0.25) is 0 Å². The topological polar surface area (TPSA) is 108 Å². The van der Waals surface area contributed by atoms with E-state index in [0.29, 0.717) is 6.42 Å². The highest BCUT2D eigenvalue weighted by Gasteiger charge is 2.61. The van der Waals surface area contributed by atoms with Crippen molar-refractivity contribution in [2.24, 2.45) is 0 Å². The van der Waals surface area contributed by atoms with Crippen LogP contribution in [-0.4, -0.2) is 46.8 Å². The first-order chi connectivity index (χ1) is 16.9. The van der Waals surface area contributed by atoms with Crippen LogP contribution in [-0.2, 0) is 18.6 Å². The van der Waals surface area contributed by atoms with Gasteiger partial charge in [0.1, 0.15) is 24.0 Å². The molecule has 1 aromatic rings. The fourth-order valence-corrected chi connectivity index (χ4v) is 5.84. The molecule has 35 heavy (non-hydrogen) atoms. The van der Waals surface area contributed by atoms with Gasteiger partial charge in [0.25, 0.3) is 0 Å². The number of rotatable bonds is 16. The molecule has 10 heteroatoms. The third kappa shape index (κ3) is 10.6. The summed E-state index contributed by atoms with van der Waals surface area (Å²) in [6.45, 7) is 4.03. The number of para-hydroxylation sites is 1. The van der Waals surface area contributed by atoms with Crippen molar-refractivity contribution in [2.75, 3.05) is 19.0 Å². The number of ether oxygens (including phenoxy) is 2. The molecule has 1 aliphatic rings. The SMILES string of the molecule is CCCCCCCCCCCC(=O)SCC1CO[P+](O)(C(=O)Oc2ccccc2C(=O)OCC)O1. The quantitative estimate of drug-likeness (QED) is 0.142. The average Bonchev–Trinajstić information content (AvgIpc) is 3.24. The third-order valence-electron chi connectivity index (χ3n) is 5.45. The summed E-state index contributed by atoms with van der Waals surface area (Å²) < 4.78 is 20.9. The predicted octanol–water partition coefficient (Wildman–Crippen LogP) is 6.71. The van der Waals surface area contributed by atoms with E-state index in [1.54, 1.807) is 19.1 Å². The molecule has 1 aliphatic heterocycles. The summed E-state index contributed by atoms with van der Waals surface area (Å²) in [7, 11) is -3.94. The van der Waals surface area contributed by atoms with Gasteiger partial charge in [-0.1, -0.05) is 82.2 Å². The van der Waals surface area contributed by atoms with Crippen molar-refractivity contribution in [3.63, 3.8) is 0 Å².